The van der Waals surface area contributed by atoms with Crippen LogP contribution in [0.4, 0.5) is 0 Å². The number of hydrogen-bond donors (Lipinski definition) is 0. The summed E-state index contributed by atoms with van der Waals surface area (Å²) in [5, 5.41) is 19.0. The van der Waals surface area contributed by atoms with Gasteiger partial charge in [-0.2, -0.15) is 10.5 Å². The fraction of sp³-hybridized carbons (Fsp3) is 0.174. The molecule has 0 bridgehead atoms. The molecule has 3 rings (SSSR count). The Kier molecular flexibility index (Phi) is 6.23. The van der Waals surface area contributed by atoms with Gasteiger partial charge in [0.2, 0.25) is 5.91 Å². The van der Waals surface area contributed by atoms with Gasteiger partial charge in [-0.1, -0.05) is 48.5 Å². The Labute approximate surface area is 164 Å². The van der Waals surface area contributed by atoms with Crippen LogP contribution in [0, 0.1) is 22.7 Å². The van der Waals surface area contributed by atoms with Gasteiger partial charge in [0.15, 0.2) is 0 Å². The van der Waals surface area contributed by atoms with Crippen LogP contribution < -0.4 is 0 Å². The zero-order valence-electron chi connectivity index (χ0n) is 15.5. The molecule has 138 valence electrons. The number of fused-ring (bicyclic) bond motifs is 1. The third-order valence-corrected chi connectivity index (χ3v) is 4.48. The van der Waals surface area contributed by atoms with Crippen molar-refractivity contribution in [3.63, 3.8) is 0 Å². The van der Waals surface area contributed by atoms with Gasteiger partial charge in [-0.3, -0.25) is 4.79 Å². The molecule has 1 aromatic heterocycles. The predicted octanol–water partition coefficient (Wildman–Crippen LogP) is 4.12. The minimum Gasteiger partial charge on any atom is -0.346 e. The summed E-state index contributed by atoms with van der Waals surface area (Å²) in [7, 11) is 0. The molecule has 1 amide bonds. The van der Waals surface area contributed by atoms with Crippen LogP contribution in [0.5, 0.6) is 0 Å². The molecule has 0 saturated carbocycles. The van der Waals surface area contributed by atoms with Gasteiger partial charge in [-0.05, 0) is 17.7 Å². The molecular formula is C23H20N4O. The smallest absolute Gasteiger partial charge is 0.247 e. The Morgan fingerprint density at radius 2 is 1.79 bits per heavy atom. The SMILES string of the molecule is N#CCCn1cc(/C=C/C(=O)N(CC#N)Cc2ccccc2)c2ccccc21. The molecule has 0 unspecified atom stereocenters. The molecule has 0 radical (unpaired) electrons. The van der Waals surface area contributed by atoms with Crippen molar-refractivity contribution in [2.75, 3.05) is 6.54 Å². The van der Waals surface area contributed by atoms with Gasteiger partial charge in [0, 0.05) is 41.8 Å². The van der Waals surface area contributed by atoms with Crippen molar-refractivity contribution in [3.8, 4) is 12.1 Å². The molecule has 0 aliphatic heterocycles. The third kappa shape index (κ3) is 4.47. The van der Waals surface area contributed by atoms with Crippen molar-refractivity contribution in [3.05, 3.63) is 78.0 Å². The molecule has 5 nitrogen and oxygen atoms in total. The van der Waals surface area contributed by atoms with Crippen LogP contribution in [0.15, 0.2) is 66.9 Å². The van der Waals surface area contributed by atoms with E-state index in [2.05, 4.69) is 12.1 Å². The third-order valence-electron chi connectivity index (χ3n) is 4.48. The van der Waals surface area contributed by atoms with Crippen LogP contribution in [-0.4, -0.2) is 21.9 Å². The van der Waals surface area contributed by atoms with Gasteiger partial charge in [0.25, 0.3) is 0 Å². The average Bonchev–Trinajstić information content (AvgIpc) is 3.09. The summed E-state index contributed by atoms with van der Waals surface area (Å²) in [6, 6.07) is 21.7. The first-order chi connectivity index (χ1) is 13.7. The van der Waals surface area contributed by atoms with Gasteiger partial charge >= 0.3 is 0 Å². The summed E-state index contributed by atoms with van der Waals surface area (Å²) in [4.78, 5) is 14.2. The molecule has 0 saturated heterocycles. The number of carbonyl (C=O) groups excluding carboxylic acids is 1. The molecule has 5 heteroatoms. The number of amides is 1. The molecule has 0 aliphatic carbocycles. The number of para-hydroxylation sites is 1. The summed E-state index contributed by atoms with van der Waals surface area (Å²) >= 11 is 0. The number of rotatable bonds is 7. The molecule has 0 atom stereocenters. The van der Waals surface area contributed by atoms with E-state index in [-0.39, 0.29) is 12.5 Å². The maximum absolute atomic E-state index is 12.7. The Hall–Kier alpha value is -3.83. The fourth-order valence-electron chi connectivity index (χ4n) is 3.13. The average molecular weight is 368 g/mol. The highest BCUT2D eigenvalue weighted by Crippen LogP contribution is 2.23. The van der Waals surface area contributed by atoms with E-state index in [4.69, 9.17) is 10.5 Å². The van der Waals surface area contributed by atoms with Crippen LogP contribution in [0.3, 0.4) is 0 Å². The molecule has 0 aliphatic rings. The number of carbonyl (C=O) groups is 1. The fourth-order valence-corrected chi connectivity index (χ4v) is 3.13. The van der Waals surface area contributed by atoms with Crippen molar-refractivity contribution >= 4 is 22.9 Å². The van der Waals surface area contributed by atoms with E-state index in [0.29, 0.717) is 19.5 Å². The van der Waals surface area contributed by atoms with Crippen LogP contribution in [0.25, 0.3) is 17.0 Å². The first kappa shape index (κ1) is 18.9. The van der Waals surface area contributed by atoms with E-state index in [1.165, 1.54) is 11.0 Å². The van der Waals surface area contributed by atoms with E-state index in [1.807, 2.05) is 65.4 Å². The maximum atomic E-state index is 12.7. The zero-order valence-corrected chi connectivity index (χ0v) is 15.5. The highest BCUT2D eigenvalue weighted by atomic mass is 16.2. The first-order valence-electron chi connectivity index (χ1n) is 9.05. The first-order valence-corrected chi connectivity index (χ1v) is 9.05. The number of nitriles is 2. The zero-order chi connectivity index (χ0) is 19.8. The van der Waals surface area contributed by atoms with Crippen LogP contribution in [0.1, 0.15) is 17.5 Å². The van der Waals surface area contributed by atoms with E-state index in [9.17, 15) is 4.79 Å². The Balaban J connectivity index is 1.82. The lowest BCUT2D eigenvalue weighted by Crippen LogP contribution is -2.29. The van der Waals surface area contributed by atoms with E-state index < -0.39 is 0 Å². The van der Waals surface area contributed by atoms with Crippen LogP contribution in [-0.2, 0) is 17.9 Å². The second-order valence-electron chi connectivity index (χ2n) is 6.37. The molecule has 28 heavy (non-hydrogen) atoms. The van der Waals surface area contributed by atoms with Gasteiger partial charge < -0.3 is 9.47 Å². The molecule has 0 spiro atoms. The Bertz CT molecular complexity index is 1070. The monoisotopic (exact) mass is 368 g/mol. The number of nitrogens with zero attached hydrogens (tertiary/aromatic N) is 4. The summed E-state index contributed by atoms with van der Waals surface area (Å²) in [6.07, 6.45) is 5.67. The van der Waals surface area contributed by atoms with Gasteiger partial charge in [0.1, 0.15) is 6.54 Å². The lowest BCUT2D eigenvalue weighted by Gasteiger charge is -2.17. The molecule has 3 aromatic rings. The largest absolute Gasteiger partial charge is 0.346 e. The molecule has 1 heterocycles. The van der Waals surface area contributed by atoms with Gasteiger partial charge in [0.05, 0.1) is 18.6 Å². The second-order valence-corrected chi connectivity index (χ2v) is 6.37. The summed E-state index contributed by atoms with van der Waals surface area (Å²) in [5.74, 6) is -0.209. The standard InChI is InChI=1S/C23H20N4O/c24-13-6-15-26-18-20(21-9-4-5-10-22(21)26)11-12-23(28)27(16-14-25)17-19-7-2-1-3-8-19/h1-5,7-12,18H,6,15-17H2/b12-11+. The highest BCUT2D eigenvalue weighted by Gasteiger charge is 2.12. The highest BCUT2D eigenvalue weighted by molar-refractivity contribution is 5.96. The number of aryl methyl sites for hydroxylation is 1. The topological polar surface area (TPSA) is 72.8 Å². The molecule has 0 N–H and O–H groups in total. The summed E-state index contributed by atoms with van der Waals surface area (Å²) in [5.41, 5.74) is 2.93. The predicted molar refractivity (Wildman–Crippen MR) is 109 cm³/mol. The maximum Gasteiger partial charge on any atom is 0.247 e. The Morgan fingerprint density at radius 1 is 1.04 bits per heavy atom. The normalized spacial score (nSPS) is 10.6. The van der Waals surface area contributed by atoms with Gasteiger partial charge in [-0.25, -0.2) is 0 Å². The summed E-state index contributed by atoms with van der Waals surface area (Å²) in [6.45, 7) is 1.02. The number of benzene rings is 2. The van der Waals surface area contributed by atoms with Crippen molar-refractivity contribution in [2.24, 2.45) is 0 Å². The van der Waals surface area contributed by atoms with Crippen LogP contribution in [0.2, 0.25) is 0 Å². The quantitative estimate of drug-likeness (QED) is 0.465. The molecular weight excluding hydrogens is 348 g/mol. The van der Waals surface area contributed by atoms with Crippen molar-refractivity contribution in [1.29, 1.82) is 10.5 Å². The van der Waals surface area contributed by atoms with E-state index >= 15 is 0 Å². The van der Waals surface area contributed by atoms with E-state index in [1.54, 1.807) is 6.08 Å². The lowest BCUT2D eigenvalue weighted by molar-refractivity contribution is -0.125. The minimum atomic E-state index is -0.209. The molecule has 2 aromatic carbocycles. The minimum absolute atomic E-state index is 0.0298. The van der Waals surface area contributed by atoms with E-state index in [0.717, 1.165) is 22.0 Å². The number of aromatic nitrogens is 1. The Morgan fingerprint density at radius 3 is 2.54 bits per heavy atom. The summed E-state index contributed by atoms with van der Waals surface area (Å²) < 4.78 is 2.03. The van der Waals surface area contributed by atoms with Gasteiger partial charge in [-0.15, -0.1) is 0 Å². The number of hydrogen-bond acceptors (Lipinski definition) is 3. The van der Waals surface area contributed by atoms with Crippen molar-refractivity contribution < 1.29 is 4.79 Å². The van der Waals surface area contributed by atoms with Crippen LogP contribution >= 0.6 is 0 Å². The second kappa shape index (κ2) is 9.21. The van der Waals surface area contributed by atoms with Crippen molar-refractivity contribution in [2.45, 2.75) is 19.5 Å². The lowest BCUT2D eigenvalue weighted by atomic mass is 10.1. The molecule has 0 fully saturated rings. The van der Waals surface area contributed by atoms with Crippen molar-refractivity contribution in [1.82, 2.24) is 9.47 Å².